The van der Waals surface area contributed by atoms with Crippen LogP contribution in [0.15, 0.2) is 72.9 Å². The van der Waals surface area contributed by atoms with Crippen LogP contribution in [0.4, 0.5) is 0 Å². The number of carbonyl (C=O) groups is 3. The molecule has 1 atom stereocenters. The Hall–Kier alpha value is -3.15. The van der Waals surface area contributed by atoms with Gasteiger partial charge in [-0.15, -0.1) is 0 Å². The minimum atomic E-state index is -0.798. The molecule has 0 saturated heterocycles. The van der Waals surface area contributed by atoms with E-state index in [4.69, 9.17) is 14.2 Å². The summed E-state index contributed by atoms with van der Waals surface area (Å²) in [6.07, 6.45) is 57.4. The molecule has 0 saturated carbocycles. The molecule has 1 unspecified atom stereocenters. The molecule has 6 nitrogen and oxygen atoms in total. The third-order valence-electron chi connectivity index (χ3n) is 9.91. The summed E-state index contributed by atoms with van der Waals surface area (Å²) in [6, 6.07) is 0. The fraction of sp³-hybridized carbons (Fsp3) is 0.712. The molecule has 0 aromatic rings. The Bertz CT molecular complexity index is 1110. The van der Waals surface area contributed by atoms with Gasteiger partial charge in [-0.25, -0.2) is 0 Å². The summed E-state index contributed by atoms with van der Waals surface area (Å²) in [5.41, 5.74) is 0. The van der Waals surface area contributed by atoms with Crippen LogP contribution in [0.5, 0.6) is 0 Å². The Morgan fingerprint density at radius 1 is 0.362 bits per heavy atom. The lowest BCUT2D eigenvalue weighted by atomic mass is 10.1. The summed E-state index contributed by atoms with van der Waals surface area (Å²) in [4.78, 5) is 37.8. The van der Waals surface area contributed by atoms with Crippen LogP contribution in [0, 0.1) is 0 Å². The van der Waals surface area contributed by atoms with Crippen LogP contribution in [0.25, 0.3) is 0 Å². The molecule has 0 radical (unpaired) electrons. The first-order chi connectivity index (χ1) is 28.5. The molecule has 0 aliphatic rings. The second kappa shape index (κ2) is 46.5. The zero-order chi connectivity index (χ0) is 42.3. The van der Waals surface area contributed by atoms with Gasteiger partial charge in [-0.2, -0.15) is 0 Å². The maximum atomic E-state index is 12.7. The van der Waals surface area contributed by atoms with Crippen molar-refractivity contribution in [2.45, 2.75) is 226 Å². The van der Waals surface area contributed by atoms with E-state index in [-0.39, 0.29) is 31.1 Å². The van der Waals surface area contributed by atoms with E-state index in [0.29, 0.717) is 19.3 Å². The van der Waals surface area contributed by atoms with Crippen molar-refractivity contribution in [2.75, 3.05) is 13.2 Å². The molecule has 58 heavy (non-hydrogen) atoms. The van der Waals surface area contributed by atoms with E-state index in [0.717, 1.165) is 103 Å². The Balaban J connectivity index is 4.48. The van der Waals surface area contributed by atoms with Crippen molar-refractivity contribution in [1.29, 1.82) is 0 Å². The minimum Gasteiger partial charge on any atom is -0.462 e. The average Bonchev–Trinajstić information content (AvgIpc) is 3.22. The number of allylic oxidation sites excluding steroid dienone is 12. The molecule has 0 heterocycles. The highest BCUT2D eigenvalue weighted by atomic mass is 16.6. The lowest BCUT2D eigenvalue weighted by molar-refractivity contribution is -0.167. The smallest absolute Gasteiger partial charge is 0.306 e. The molecule has 0 spiro atoms. The normalized spacial score (nSPS) is 12.7. The van der Waals surface area contributed by atoms with E-state index in [1.807, 2.05) is 0 Å². The number of ether oxygens (including phenoxy) is 3. The van der Waals surface area contributed by atoms with E-state index >= 15 is 0 Å². The predicted molar refractivity (Wildman–Crippen MR) is 247 cm³/mol. The molecule has 6 heteroatoms. The number of hydrogen-bond donors (Lipinski definition) is 0. The first-order valence-electron chi connectivity index (χ1n) is 23.9. The second-order valence-electron chi connectivity index (χ2n) is 15.6. The SMILES string of the molecule is CC/C=C\C/C=C\C/C=C\C/C=C\CCCCC(=O)OCC(COC(=O)CCCCCCC/C=C\CCCCC)OC(=O)CCCCCCC/C=C\CCCCCC. The van der Waals surface area contributed by atoms with Gasteiger partial charge in [0.1, 0.15) is 13.2 Å². The molecule has 0 fully saturated rings. The van der Waals surface area contributed by atoms with Gasteiger partial charge in [0.25, 0.3) is 0 Å². The average molecular weight is 809 g/mol. The number of esters is 3. The standard InChI is InChI=1S/C52H88O6/c1-4-7-10-13-16-19-22-25-26-28-30-33-36-39-42-45-51(54)57-48-49(47-56-50(53)44-41-38-35-32-29-24-21-18-15-12-9-6-3)58-52(55)46-43-40-37-34-31-27-23-20-17-14-11-8-5-2/h7,10,16,18-21,23,25-26,30,33,49H,4-6,8-9,11-15,17,22,24,27-29,31-32,34-48H2,1-3H3/b10-7-,19-16-,21-18-,23-20-,26-25-,33-30-. The van der Waals surface area contributed by atoms with Gasteiger partial charge in [-0.1, -0.05) is 164 Å². The second-order valence-corrected chi connectivity index (χ2v) is 15.6. The van der Waals surface area contributed by atoms with Gasteiger partial charge in [0.05, 0.1) is 0 Å². The summed E-state index contributed by atoms with van der Waals surface area (Å²) in [5, 5.41) is 0. The summed E-state index contributed by atoms with van der Waals surface area (Å²) < 4.78 is 16.7. The Morgan fingerprint density at radius 2 is 0.672 bits per heavy atom. The molecule has 0 aromatic heterocycles. The van der Waals surface area contributed by atoms with Gasteiger partial charge in [-0.05, 0) is 109 Å². The van der Waals surface area contributed by atoms with Gasteiger partial charge >= 0.3 is 17.9 Å². The van der Waals surface area contributed by atoms with E-state index < -0.39 is 6.10 Å². The van der Waals surface area contributed by atoms with Gasteiger partial charge in [0.2, 0.25) is 0 Å². The van der Waals surface area contributed by atoms with Crippen LogP contribution in [-0.2, 0) is 28.6 Å². The summed E-state index contributed by atoms with van der Waals surface area (Å²) >= 11 is 0. The number of unbranched alkanes of at least 4 members (excludes halogenated alkanes) is 19. The van der Waals surface area contributed by atoms with E-state index in [1.54, 1.807) is 0 Å². The van der Waals surface area contributed by atoms with Crippen LogP contribution in [0.1, 0.15) is 220 Å². The summed E-state index contributed by atoms with van der Waals surface area (Å²) in [5.74, 6) is -0.961. The third-order valence-corrected chi connectivity index (χ3v) is 9.91. The van der Waals surface area contributed by atoms with Crippen LogP contribution in [0.2, 0.25) is 0 Å². The highest BCUT2D eigenvalue weighted by Crippen LogP contribution is 2.13. The van der Waals surface area contributed by atoms with E-state index in [2.05, 4.69) is 93.7 Å². The zero-order valence-corrected chi connectivity index (χ0v) is 37.8. The minimum absolute atomic E-state index is 0.0968. The number of rotatable bonds is 42. The number of hydrogen-bond acceptors (Lipinski definition) is 6. The lowest BCUT2D eigenvalue weighted by Gasteiger charge is -2.18. The monoisotopic (exact) mass is 809 g/mol. The maximum absolute atomic E-state index is 12.7. The summed E-state index contributed by atoms with van der Waals surface area (Å²) in [6.45, 7) is 6.42. The molecule has 0 aliphatic carbocycles. The lowest BCUT2D eigenvalue weighted by Crippen LogP contribution is -2.30. The van der Waals surface area contributed by atoms with E-state index in [9.17, 15) is 14.4 Å². The van der Waals surface area contributed by atoms with Gasteiger partial charge in [-0.3, -0.25) is 14.4 Å². The zero-order valence-electron chi connectivity index (χ0n) is 37.8. The van der Waals surface area contributed by atoms with Crippen LogP contribution < -0.4 is 0 Å². The van der Waals surface area contributed by atoms with Crippen LogP contribution in [0.3, 0.4) is 0 Å². The van der Waals surface area contributed by atoms with Crippen molar-refractivity contribution >= 4 is 17.9 Å². The Labute approximate surface area is 357 Å². The molecule has 0 amide bonds. The van der Waals surface area contributed by atoms with Crippen molar-refractivity contribution in [2.24, 2.45) is 0 Å². The quantitative estimate of drug-likeness (QED) is 0.0264. The fourth-order valence-electron chi connectivity index (χ4n) is 6.30. The van der Waals surface area contributed by atoms with Gasteiger partial charge in [0, 0.05) is 19.3 Å². The Kier molecular flexibility index (Phi) is 44.0. The maximum Gasteiger partial charge on any atom is 0.306 e. The van der Waals surface area contributed by atoms with Crippen molar-refractivity contribution in [3.05, 3.63) is 72.9 Å². The van der Waals surface area contributed by atoms with Crippen LogP contribution in [-0.4, -0.2) is 37.2 Å². The predicted octanol–water partition coefficient (Wildman–Crippen LogP) is 15.5. The molecule has 0 aromatic carbocycles. The molecular formula is C52H88O6. The fourth-order valence-corrected chi connectivity index (χ4v) is 6.30. The highest BCUT2D eigenvalue weighted by Gasteiger charge is 2.19. The van der Waals surface area contributed by atoms with Crippen molar-refractivity contribution < 1.29 is 28.6 Å². The molecule has 0 aliphatic heterocycles. The van der Waals surface area contributed by atoms with Crippen molar-refractivity contribution in [3.8, 4) is 0 Å². The van der Waals surface area contributed by atoms with Crippen LogP contribution >= 0.6 is 0 Å². The van der Waals surface area contributed by atoms with Crippen molar-refractivity contribution in [3.63, 3.8) is 0 Å². The first kappa shape index (κ1) is 54.9. The van der Waals surface area contributed by atoms with E-state index in [1.165, 1.54) is 77.0 Å². The van der Waals surface area contributed by atoms with Gasteiger partial charge in [0.15, 0.2) is 6.10 Å². The third kappa shape index (κ3) is 44.0. The first-order valence-corrected chi connectivity index (χ1v) is 23.9. The molecule has 332 valence electrons. The molecular weight excluding hydrogens is 721 g/mol. The Morgan fingerprint density at radius 3 is 1.14 bits per heavy atom. The largest absolute Gasteiger partial charge is 0.462 e. The highest BCUT2D eigenvalue weighted by molar-refractivity contribution is 5.71. The molecule has 0 N–H and O–H groups in total. The topological polar surface area (TPSA) is 78.9 Å². The number of carbonyl (C=O) groups excluding carboxylic acids is 3. The molecule has 0 rings (SSSR count). The molecule has 0 bridgehead atoms. The summed E-state index contributed by atoms with van der Waals surface area (Å²) in [7, 11) is 0. The van der Waals surface area contributed by atoms with Crippen molar-refractivity contribution in [1.82, 2.24) is 0 Å². The van der Waals surface area contributed by atoms with Gasteiger partial charge < -0.3 is 14.2 Å².